The standard InChI is InChI=1S/C9H12N4O5/c10-7(14)3-1-2-4-12-5-6(13(17)18)8(15)11-9(12)16/h5H,1-4H2,(H2,10,14)(H,11,15,16). The number of aromatic nitrogens is 2. The summed E-state index contributed by atoms with van der Waals surface area (Å²) in [5.74, 6) is -0.449. The lowest BCUT2D eigenvalue weighted by atomic mass is 10.2. The van der Waals surface area contributed by atoms with Gasteiger partial charge < -0.3 is 5.73 Å². The summed E-state index contributed by atoms with van der Waals surface area (Å²) >= 11 is 0. The van der Waals surface area contributed by atoms with Gasteiger partial charge in [-0.2, -0.15) is 0 Å². The second kappa shape index (κ2) is 5.75. The largest absolute Gasteiger partial charge is 0.370 e. The Morgan fingerprint density at radius 1 is 1.44 bits per heavy atom. The van der Waals surface area contributed by atoms with Crippen LogP contribution < -0.4 is 17.0 Å². The summed E-state index contributed by atoms with van der Waals surface area (Å²) in [5.41, 5.74) is 2.50. The van der Waals surface area contributed by atoms with Crippen molar-refractivity contribution in [2.24, 2.45) is 5.73 Å². The lowest BCUT2D eigenvalue weighted by Crippen LogP contribution is -2.30. The molecule has 0 aliphatic carbocycles. The molecule has 98 valence electrons. The Morgan fingerprint density at radius 2 is 2.11 bits per heavy atom. The molecule has 1 aromatic rings. The van der Waals surface area contributed by atoms with Gasteiger partial charge in [0.1, 0.15) is 0 Å². The van der Waals surface area contributed by atoms with Crippen molar-refractivity contribution in [1.29, 1.82) is 0 Å². The van der Waals surface area contributed by atoms with E-state index >= 15 is 0 Å². The molecule has 18 heavy (non-hydrogen) atoms. The number of hydrogen-bond donors (Lipinski definition) is 2. The van der Waals surface area contributed by atoms with Gasteiger partial charge in [-0.25, -0.2) is 4.79 Å². The van der Waals surface area contributed by atoms with Crippen molar-refractivity contribution in [2.45, 2.75) is 25.8 Å². The quantitative estimate of drug-likeness (QED) is 0.385. The Morgan fingerprint density at radius 3 is 2.67 bits per heavy atom. The number of carbonyl (C=O) groups is 1. The number of nitrogens with zero attached hydrogens (tertiary/aromatic N) is 2. The summed E-state index contributed by atoms with van der Waals surface area (Å²) in [6.07, 6.45) is 1.99. The van der Waals surface area contributed by atoms with Gasteiger partial charge in [-0.15, -0.1) is 0 Å². The third-order valence-corrected chi connectivity index (χ3v) is 2.26. The first kappa shape index (κ1) is 13.6. The van der Waals surface area contributed by atoms with E-state index in [1.165, 1.54) is 0 Å². The van der Waals surface area contributed by atoms with Crippen LogP contribution in [0.1, 0.15) is 19.3 Å². The number of nitrogens with two attached hydrogens (primary N) is 1. The van der Waals surface area contributed by atoms with Crippen molar-refractivity contribution in [3.8, 4) is 0 Å². The molecule has 9 nitrogen and oxygen atoms in total. The average Bonchev–Trinajstić information content (AvgIpc) is 2.25. The zero-order valence-corrected chi connectivity index (χ0v) is 9.42. The Kier molecular flexibility index (Phi) is 4.35. The van der Waals surface area contributed by atoms with Gasteiger partial charge in [0, 0.05) is 13.0 Å². The van der Waals surface area contributed by atoms with E-state index in [1.54, 1.807) is 0 Å². The van der Waals surface area contributed by atoms with E-state index in [2.05, 4.69) is 0 Å². The van der Waals surface area contributed by atoms with E-state index < -0.39 is 27.8 Å². The van der Waals surface area contributed by atoms with Crippen molar-refractivity contribution in [1.82, 2.24) is 9.55 Å². The van der Waals surface area contributed by atoms with Crippen molar-refractivity contribution in [2.75, 3.05) is 0 Å². The van der Waals surface area contributed by atoms with Gasteiger partial charge in [-0.3, -0.25) is 29.3 Å². The van der Waals surface area contributed by atoms with Gasteiger partial charge in [0.05, 0.1) is 11.1 Å². The van der Waals surface area contributed by atoms with Crippen LogP contribution in [0, 0.1) is 10.1 Å². The molecule has 3 N–H and O–H groups in total. The Labute approximate surface area is 100 Å². The van der Waals surface area contributed by atoms with Crippen LogP contribution in [0.3, 0.4) is 0 Å². The van der Waals surface area contributed by atoms with Gasteiger partial charge in [0.2, 0.25) is 5.91 Å². The van der Waals surface area contributed by atoms with Crippen molar-refractivity contribution in [3.63, 3.8) is 0 Å². The Hall–Kier alpha value is -2.45. The molecule has 0 saturated heterocycles. The maximum Gasteiger partial charge on any atom is 0.350 e. The number of aryl methyl sites for hydroxylation is 1. The first-order chi connectivity index (χ1) is 8.41. The zero-order chi connectivity index (χ0) is 13.7. The zero-order valence-electron chi connectivity index (χ0n) is 9.42. The molecule has 0 bridgehead atoms. The van der Waals surface area contributed by atoms with Crippen LogP contribution in [0.4, 0.5) is 5.69 Å². The highest BCUT2D eigenvalue weighted by molar-refractivity contribution is 5.73. The molecular formula is C9H12N4O5. The molecule has 0 saturated carbocycles. The number of nitro groups is 1. The van der Waals surface area contributed by atoms with Crippen LogP contribution in [-0.4, -0.2) is 20.4 Å². The van der Waals surface area contributed by atoms with Gasteiger partial charge in [-0.1, -0.05) is 0 Å². The molecule has 1 aromatic heterocycles. The number of nitrogens with one attached hydrogen (secondary N) is 1. The first-order valence-electron chi connectivity index (χ1n) is 5.18. The third-order valence-electron chi connectivity index (χ3n) is 2.26. The smallest absolute Gasteiger partial charge is 0.350 e. The molecule has 0 aliphatic rings. The molecule has 0 atom stereocenters. The van der Waals surface area contributed by atoms with Crippen molar-refractivity contribution < 1.29 is 9.72 Å². The Bertz CT molecular complexity index is 573. The topological polar surface area (TPSA) is 141 Å². The Balaban J connectivity index is 2.80. The second-order valence-corrected chi connectivity index (χ2v) is 3.65. The van der Waals surface area contributed by atoms with E-state index in [1.807, 2.05) is 4.98 Å². The van der Waals surface area contributed by atoms with Crippen LogP contribution in [0.15, 0.2) is 15.8 Å². The van der Waals surface area contributed by atoms with Crippen LogP contribution in [0.25, 0.3) is 0 Å². The van der Waals surface area contributed by atoms with Crippen LogP contribution in [0.5, 0.6) is 0 Å². The summed E-state index contributed by atoms with van der Waals surface area (Å²) < 4.78 is 1.03. The lowest BCUT2D eigenvalue weighted by Gasteiger charge is -2.03. The summed E-state index contributed by atoms with van der Waals surface area (Å²) in [4.78, 5) is 44.4. The summed E-state index contributed by atoms with van der Waals surface area (Å²) in [6.45, 7) is 0.170. The van der Waals surface area contributed by atoms with E-state index in [0.29, 0.717) is 12.8 Å². The third kappa shape index (κ3) is 3.54. The monoisotopic (exact) mass is 256 g/mol. The fourth-order valence-electron chi connectivity index (χ4n) is 1.38. The number of hydrogen-bond acceptors (Lipinski definition) is 5. The number of H-pyrrole nitrogens is 1. The second-order valence-electron chi connectivity index (χ2n) is 3.65. The fourth-order valence-corrected chi connectivity index (χ4v) is 1.38. The van der Waals surface area contributed by atoms with Gasteiger partial charge in [0.15, 0.2) is 0 Å². The highest BCUT2D eigenvalue weighted by Gasteiger charge is 2.14. The summed E-state index contributed by atoms with van der Waals surface area (Å²) in [7, 11) is 0. The summed E-state index contributed by atoms with van der Waals surface area (Å²) in [5, 5.41) is 10.5. The van der Waals surface area contributed by atoms with Gasteiger partial charge >= 0.3 is 16.9 Å². The number of primary amides is 1. The number of rotatable bonds is 6. The highest BCUT2D eigenvalue weighted by Crippen LogP contribution is 2.01. The summed E-state index contributed by atoms with van der Waals surface area (Å²) in [6, 6.07) is 0. The minimum absolute atomic E-state index is 0.170. The first-order valence-corrected chi connectivity index (χ1v) is 5.18. The molecule has 0 unspecified atom stereocenters. The van der Waals surface area contributed by atoms with E-state index in [-0.39, 0.29) is 13.0 Å². The number of amides is 1. The van der Waals surface area contributed by atoms with Gasteiger partial charge in [-0.05, 0) is 12.8 Å². The SMILES string of the molecule is NC(=O)CCCCn1cc([N+](=O)[O-])c(=O)[nH]c1=O. The van der Waals surface area contributed by atoms with Gasteiger partial charge in [0.25, 0.3) is 0 Å². The normalized spacial score (nSPS) is 10.2. The maximum atomic E-state index is 11.3. The molecule has 0 fully saturated rings. The minimum atomic E-state index is -1.03. The van der Waals surface area contributed by atoms with Crippen LogP contribution in [-0.2, 0) is 11.3 Å². The predicted octanol–water partition coefficient (Wildman–Crippen LogP) is -0.900. The predicted molar refractivity (Wildman–Crippen MR) is 61.0 cm³/mol. The lowest BCUT2D eigenvalue weighted by molar-refractivity contribution is -0.386. The average molecular weight is 256 g/mol. The maximum absolute atomic E-state index is 11.3. The highest BCUT2D eigenvalue weighted by atomic mass is 16.6. The molecule has 1 heterocycles. The van der Waals surface area contributed by atoms with E-state index in [4.69, 9.17) is 5.73 Å². The number of aromatic amines is 1. The van der Waals surface area contributed by atoms with Crippen LogP contribution >= 0.6 is 0 Å². The number of carbonyl (C=O) groups excluding carboxylic acids is 1. The molecule has 0 aromatic carbocycles. The molecule has 1 amide bonds. The molecule has 0 radical (unpaired) electrons. The van der Waals surface area contributed by atoms with E-state index in [0.717, 1.165) is 10.8 Å². The molecule has 1 rings (SSSR count). The van der Waals surface area contributed by atoms with Crippen LogP contribution in [0.2, 0.25) is 0 Å². The van der Waals surface area contributed by atoms with Crippen molar-refractivity contribution >= 4 is 11.6 Å². The fraction of sp³-hybridized carbons (Fsp3) is 0.444. The molecule has 0 spiro atoms. The molecule has 9 heteroatoms. The van der Waals surface area contributed by atoms with E-state index in [9.17, 15) is 24.5 Å². The number of unbranched alkanes of at least 4 members (excludes halogenated alkanes) is 1. The molecular weight excluding hydrogens is 244 g/mol. The molecule has 0 aliphatic heterocycles. The minimum Gasteiger partial charge on any atom is -0.370 e. The van der Waals surface area contributed by atoms with Crippen molar-refractivity contribution in [3.05, 3.63) is 37.1 Å².